The zero-order valence-electron chi connectivity index (χ0n) is 14.8. The molecule has 2 aliphatic heterocycles. The lowest BCUT2D eigenvalue weighted by atomic mass is 9.97. The molecule has 0 radical (unpaired) electrons. The number of nitrogens with one attached hydrogen (secondary N) is 1. The van der Waals surface area contributed by atoms with Crippen LogP contribution in [0.1, 0.15) is 23.2 Å². The van der Waals surface area contributed by atoms with E-state index < -0.39 is 0 Å². The summed E-state index contributed by atoms with van der Waals surface area (Å²) >= 11 is 0. The quantitative estimate of drug-likeness (QED) is 0.830. The smallest absolute Gasteiger partial charge is 0.251 e. The van der Waals surface area contributed by atoms with Gasteiger partial charge in [-0.25, -0.2) is 0 Å². The third kappa shape index (κ3) is 4.02. The number of hydrogen-bond donors (Lipinski definition) is 1. The van der Waals surface area contributed by atoms with Crippen LogP contribution in [-0.2, 0) is 11.3 Å². The van der Waals surface area contributed by atoms with Gasteiger partial charge in [-0.3, -0.25) is 14.3 Å². The van der Waals surface area contributed by atoms with Crippen LogP contribution >= 0.6 is 0 Å². The Labute approximate surface area is 156 Å². The van der Waals surface area contributed by atoms with Crippen LogP contribution < -0.4 is 14.8 Å². The molecule has 1 N–H and O–H groups in total. The molecule has 2 aromatic rings. The standard InChI is InChI=1S/C18H21N5O4/c24-17(22-6-3-13(4-7-22)11-23-8-5-20-21-23)10-19-18(25)14-1-2-15-16(9-14)27-12-26-15/h1-2,5,8-9,13H,3-4,6-7,10-12H2,(H,19,25). The molecule has 1 aromatic carbocycles. The predicted octanol–water partition coefficient (Wildman–Crippen LogP) is 0.675. The highest BCUT2D eigenvalue weighted by molar-refractivity contribution is 5.97. The predicted molar refractivity (Wildman–Crippen MR) is 94.2 cm³/mol. The maximum Gasteiger partial charge on any atom is 0.251 e. The van der Waals surface area contributed by atoms with Gasteiger partial charge in [0, 0.05) is 31.4 Å². The highest BCUT2D eigenvalue weighted by Crippen LogP contribution is 2.32. The number of likely N-dealkylation sites (tertiary alicyclic amines) is 1. The normalized spacial score (nSPS) is 16.4. The minimum Gasteiger partial charge on any atom is -0.454 e. The topological polar surface area (TPSA) is 98.6 Å². The molecule has 27 heavy (non-hydrogen) atoms. The Morgan fingerprint density at radius 3 is 2.78 bits per heavy atom. The van der Waals surface area contributed by atoms with Crippen molar-refractivity contribution in [2.75, 3.05) is 26.4 Å². The molecule has 1 saturated heterocycles. The van der Waals surface area contributed by atoms with Crippen molar-refractivity contribution in [3.63, 3.8) is 0 Å². The molecule has 3 heterocycles. The van der Waals surface area contributed by atoms with Crippen molar-refractivity contribution in [1.29, 1.82) is 0 Å². The first kappa shape index (κ1) is 17.3. The lowest BCUT2D eigenvalue weighted by Crippen LogP contribution is -2.44. The van der Waals surface area contributed by atoms with Crippen molar-refractivity contribution in [2.24, 2.45) is 5.92 Å². The molecule has 0 atom stereocenters. The molecule has 4 rings (SSSR count). The number of aromatic nitrogens is 3. The van der Waals surface area contributed by atoms with Crippen LogP contribution in [0.2, 0.25) is 0 Å². The fraction of sp³-hybridized carbons (Fsp3) is 0.444. The minimum atomic E-state index is -0.303. The summed E-state index contributed by atoms with van der Waals surface area (Å²) < 4.78 is 12.3. The molecule has 1 fully saturated rings. The molecular weight excluding hydrogens is 350 g/mol. The fourth-order valence-corrected chi connectivity index (χ4v) is 3.37. The van der Waals surface area contributed by atoms with Crippen molar-refractivity contribution < 1.29 is 19.1 Å². The average molecular weight is 371 g/mol. The minimum absolute atomic E-state index is 0.0129. The number of benzene rings is 1. The Kier molecular flexibility index (Phi) is 4.91. The summed E-state index contributed by atoms with van der Waals surface area (Å²) in [6.45, 7) is 2.35. The number of carbonyl (C=O) groups is 2. The van der Waals surface area contributed by atoms with Gasteiger partial charge in [0.2, 0.25) is 12.7 Å². The van der Waals surface area contributed by atoms with E-state index in [0.717, 1.165) is 19.4 Å². The number of rotatable bonds is 5. The third-order valence-electron chi connectivity index (χ3n) is 4.92. The molecule has 2 amide bonds. The summed E-state index contributed by atoms with van der Waals surface area (Å²) in [5, 5.41) is 10.5. The van der Waals surface area contributed by atoms with Gasteiger partial charge in [0.25, 0.3) is 5.91 Å². The van der Waals surface area contributed by atoms with Crippen LogP contribution in [0.5, 0.6) is 11.5 Å². The van der Waals surface area contributed by atoms with Gasteiger partial charge in [-0.15, -0.1) is 5.10 Å². The monoisotopic (exact) mass is 371 g/mol. The van der Waals surface area contributed by atoms with Crippen LogP contribution in [0.4, 0.5) is 0 Å². The van der Waals surface area contributed by atoms with E-state index >= 15 is 0 Å². The molecule has 2 aliphatic rings. The maximum atomic E-state index is 12.4. The van der Waals surface area contributed by atoms with E-state index in [2.05, 4.69) is 15.6 Å². The number of carbonyl (C=O) groups excluding carboxylic acids is 2. The number of amides is 2. The van der Waals surface area contributed by atoms with E-state index in [9.17, 15) is 9.59 Å². The van der Waals surface area contributed by atoms with Gasteiger partial charge >= 0.3 is 0 Å². The van der Waals surface area contributed by atoms with Crippen molar-refractivity contribution in [2.45, 2.75) is 19.4 Å². The molecule has 0 aliphatic carbocycles. The average Bonchev–Trinajstić information content (AvgIpc) is 3.37. The molecular formula is C18H21N5O4. The van der Waals surface area contributed by atoms with Gasteiger partial charge in [0.05, 0.1) is 12.7 Å². The Hall–Kier alpha value is -3.10. The SMILES string of the molecule is O=C(NCC(=O)N1CCC(Cn2ccnn2)CC1)c1ccc2c(c1)OCO2. The molecule has 0 unspecified atom stereocenters. The zero-order valence-corrected chi connectivity index (χ0v) is 14.8. The molecule has 9 heteroatoms. The van der Waals surface area contributed by atoms with Gasteiger partial charge < -0.3 is 19.7 Å². The Morgan fingerprint density at radius 2 is 2.00 bits per heavy atom. The van der Waals surface area contributed by atoms with E-state index in [4.69, 9.17) is 9.47 Å². The molecule has 1 aromatic heterocycles. The third-order valence-corrected chi connectivity index (χ3v) is 4.92. The highest BCUT2D eigenvalue weighted by atomic mass is 16.7. The molecule has 0 saturated carbocycles. The number of nitrogens with zero attached hydrogens (tertiary/aromatic N) is 4. The van der Waals surface area contributed by atoms with Crippen LogP contribution in [0.3, 0.4) is 0 Å². The van der Waals surface area contributed by atoms with Gasteiger partial charge in [-0.05, 0) is 37.0 Å². The summed E-state index contributed by atoms with van der Waals surface area (Å²) in [5.74, 6) is 1.28. The second kappa shape index (κ2) is 7.65. The first-order chi connectivity index (χ1) is 13.2. The van der Waals surface area contributed by atoms with Gasteiger partial charge in [0.1, 0.15) is 0 Å². The van der Waals surface area contributed by atoms with Gasteiger partial charge in [-0.1, -0.05) is 5.21 Å². The molecule has 0 bridgehead atoms. The van der Waals surface area contributed by atoms with Crippen molar-refractivity contribution >= 4 is 11.8 Å². The van der Waals surface area contributed by atoms with Crippen LogP contribution in [0.15, 0.2) is 30.6 Å². The van der Waals surface area contributed by atoms with Crippen LogP contribution in [0, 0.1) is 5.92 Å². The van der Waals surface area contributed by atoms with Crippen LogP contribution in [-0.4, -0.2) is 58.1 Å². The number of hydrogen-bond acceptors (Lipinski definition) is 6. The molecule has 142 valence electrons. The summed E-state index contributed by atoms with van der Waals surface area (Å²) in [7, 11) is 0. The Morgan fingerprint density at radius 1 is 1.19 bits per heavy atom. The van der Waals surface area contributed by atoms with Gasteiger partial charge in [0.15, 0.2) is 11.5 Å². The number of fused-ring (bicyclic) bond motifs is 1. The number of ether oxygens (including phenoxy) is 2. The van der Waals surface area contributed by atoms with E-state index in [1.54, 1.807) is 29.3 Å². The van der Waals surface area contributed by atoms with Crippen molar-refractivity contribution in [1.82, 2.24) is 25.2 Å². The lowest BCUT2D eigenvalue weighted by molar-refractivity contribution is -0.131. The second-order valence-corrected chi connectivity index (χ2v) is 6.70. The Bertz CT molecular complexity index is 815. The summed E-state index contributed by atoms with van der Waals surface area (Å²) in [5.41, 5.74) is 0.443. The largest absolute Gasteiger partial charge is 0.454 e. The van der Waals surface area contributed by atoms with E-state index in [1.807, 2.05) is 10.9 Å². The van der Waals surface area contributed by atoms with E-state index in [-0.39, 0.29) is 25.2 Å². The van der Waals surface area contributed by atoms with Crippen molar-refractivity contribution in [3.8, 4) is 11.5 Å². The van der Waals surface area contributed by atoms with Crippen LogP contribution in [0.25, 0.3) is 0 Å². The fourth-order valence-electron chi connectivity index (χ4n) is 3.37. The number of piperidine rings is 1. The highest BCUT2D eigenvalue weighted by Gasteiger charge is 2.24. The van der Waals surface area contributed by atoms with E-state index in [1.165, 1.54) is 0 Å². The van der Waals surface area contributed by atoms with Gasteiger partial charge in [-0.2, -0.15) is 0 Å². The zero-order chi connectivity index (χ0) is 18.6. The molecule has 9 nitrogen and oxygen atoms in total. The first-order valence-electron chi connectivity index (χ1n) is 8.99. The lowest BCUT2D eigenvalue weighted by Gasteiger charge is -2.32. The summed E-state index contributed by atoms with van der Waals surface area (Å²) in [6.07, 6.45) is 5.36. The van der Waals surface area contributed by atoms with E-state index in [0.29, 0.717) is 36.1 Å². The second-order valence-electron chi connectivity index (χ2n) is 6.70. The Balaban J connectivity index is 1.23. The molecule has 0 spiro atoms. The summed E-state index contributed by atoms with van der Waals surface area (Å²) in [4.78, 5) is 26.5. The first-order valence-corrected chi connectivity index (χ1v) is 8.99. The maximum absolute atomic E-state index is 12.4. The van der Waals surface area contributed by atoms with Crippen molar-refractivity contribution in [3.05, 3.63) is 36.2 Å². The summed E-state index contributed by atoms with van der Waals surface area (Å²) in [6, 6.07) is 4.97.